The zero-order chi connectivity index (χ0) is 16.0. The minimum absolute atomic E-state index is 0.0214. The maximum absolute atomic E-state index is 11.7. The number of sulfone groups is 1. The van der Waals surface area contributed by atoms with Crippen LogP contribution in [-0.4, -0.2) is 37.9 Å². The molecule has 0 saturated carbocycles. The Morgan fingerprint density at radius 3 is 2.29 bits per heavy atom. The Bertz CT molecular complexity index is 612. The van der Waals surface area contributed by atoms with Crippen molar-refractivity contribution in [1.82, 2.24) is 10.6 Å². The number of rotatable bonds is 6. The molecule has 9 heteroatoms. The highest BCUT2D eigenvalue weighted by molar-refractivity contribution is 7.91. The largest absolute Gasteiger partial charge is 0.465 e. The van der Waals surface area contributed by atoms with Crippen LogP contribution < -0.4 is 16.4 Å². The number of nitrogens with one attached hydrogen (secondary N) is 2. The van der Waals surface area contributed by atoms with Crippen molar-refractivity contribution < 1.29 is 23.1 Å². The molecule has 0 unspecified atom stereocenters. The van der Waals surface area contributed by atoms with Crippen LogP contribution in [0.5, 0.6) is 0 Å². The van der Waals surface area contributed by atoms with E-state index in [2.05, 4.69) is 10.6 Å². The first-order valence-corrected chi connectivity index (χ1v) is 7.77. The Balaban J connectivity index is 2.97. The smallest absolute Gasteiger partial charge is 0.405 e. The first kappa shape index (κ1) is 16.8. The zero-order valence-electron chi connectivity index (χ0n) is 11.4. The van der Waals surface area contributed by atoms with Crippen molar-refractivity contribution in [1.29, 1.82) is 0 Å². The molecule has 21 heavy (non-hydrogen) atoms. The molecular formula is C12H17N3O5S. The molecule has 116 valence electrons. The second-order valence-electron chi connectivity index (χ2n) is 4.22. The molecular weight excluding hydrogens is 298 g/mol. The fraction of sp³-hybridized carbons (Fsp3) is 0.333. The molecule has 1 aromatic carbocycles. The molecule has 0 spiro atoms. The fourth-order valence-corrected chi connectivity index (χ4v) is 2.56. The van der Waals surface area contributed by atoms with E-state index in [0.29, 0.717) is 5.56 Å². The highest BCUT2D eigenvalue weighted by Crippen LogP contribution is 2.17. The Morgan fingerprint density at radius 2 is 1.86 bits per heavy atom. The number of hydrogen-bond donors (Lipinski definition) is 4. The maximum atomic E-state index is 11.7. The van der Waals surface area contributed by atoms with E-state index in [1.54, 1.807) is 0 Å². The van der Waals surface area contributed by atoms with Crippen LogP contribution in [0.15, 0.2) is 29.2 Å². The van der Waals surface area contributed by atoms with E-state index in [1.165, 1.54) is 31.2 Å². The topological polar surface area (TPSA) is 139 Å². The highest BCUT2D eigenvalue weighted by Gasteiger charge is 2.16. The van der Waals surface area contributed by atoms with Crippen LogP contribution >= 0.6 is 0 Å². The van der Waals surface area contributed by atoms with Gasteiger partial charge in [-0.15, -0.1) is 0 Å². The first-order chi connectivity index (χ1) is 9.76. The summed E-state index contributed by atoms with van der Waals surface area (Å²) in [7, 11) is -3.32. The molecule has 1 atom stereocenters. The van der Waals surface area contributed by atoms with Gasteiger partial charge in [-0.3, -0.25) is 0 Å². The standard InChI is InChI=1S/C12H17N3O5S/c1-2-21(19,20)9-5-3-8(4-6-9)10(15-12(17)18)7-14-11(13)16/h3-6,10,15H,2,7H2,1H3,(H,17,18)(H3,13,14,16)/t10-/m0/s1. The van der Waals surface area contributed by atoms with Crippen molar-refractivity contribution in [3.8, 4) is 0 Å². The van der Waals surface area contributed by atoms with Gasteiger partial charge in [0.15, 0.2) is 9.84 Å². The zero-order valence-corrected chi connectivity index (χ0v) is 12.2. The van der Waals surface area contributed by atoms with Crippen LogP contribution in [0.4, 0.5) is 9.59 Å². The van der Waals surface area contributed by atoms with E-state index in [1.807, 2.05) is 0 Å². The molecule has 0 aliphatic rings. The predicted octanol–water partition coefficient (Wildman–Crippen LogP) is 0.457. The first-order valence-electron chi connectivity index (χ1n) is 6.11. The van der Waals surface area contributed by atoms with Gasteiger partial charge in [0.2, 0.25) is 0 Å². The molecule has 0 heterocycles. The second kappa shape index (κ2) is 6.93. The summed E-state index contributed by atoms with van der Waals surface area (Å²) in [5.74, 6) is -0.0214. The van der Waals surface area contributed by atoms with Gasteiger partial charge in [-0.1, -0.05) is 19.1 Å². The molecule has 8 nitrogen and oxygen atoms in total. The molecule has 5 N–H and O–H groups in total. The summed E-state index contributed by atoms with van der Waals surface area (Å²) in [5, 5.41) is 13.3. The predicted molar refractivity (Wildman–Crippen MR) is 75.7 cm³/mol. The van der Waals surface area contributed by atoms with Crippen LogP contribution in [0.3, 0.4) is 0 Å². The van der Waals surface area contributed by atoms with Crippen molar-refractivity contribution in [2.24, 2.45) is 5.73 Å². The van der Waals surface area contributed by atoms with Gasteiger partial charge >= 0.3 is 12.1 Å². The van der Waals surface area contributed by atoms with Crippen molar-refractivity contribution in [3.63, 3.8) is 0 Å². The van der Waals surface area contributed by atoms with Crippen LogP contribution in [0, 0.1) is 0 Å². The SMILES string of the molecule is CCS(=O)(=O)c1ccc([C@H](CNC(N)=O)NC(=O)O)cc1. The average molecular weight is 315 g/mol. The molecule has 0 fully saturated rings. The molecule has 0 aromatic heterocycles. The van der Waals surface area contributed by atoms with Crippen molar-refractivity contribution in [3.05, 3.63) is 29.8 Å². The summed E-state index contributed by atoms with van der Waals surface area (Å²) in [5.41, 5.74) is 5.46. The van der Waals surface area contributed by atoms with Gasteiger partial charge in [0.05, 0.1) is 16.7 Å². The number of nitrogens with two attached hydrogens (primary N) is 1. The molecule has 0 radical (unpaired) electrons. The second-order valence-corrected chi connectivity index (χ2v) is 6.50. The van der Waals surface area contributed by atoms with Gasteiger partial charge in [-0.25, -0.2) is 18.0 Å². The Morgan fingerprint density at radius 1 is 1.29 bits per heavy atom. The number of urea groups is 1. The minimum Gasteiger partial charge on any atom is -0.465 e. The third-order valence-electron chi connectivity index (χ3n) is 2.80. The van der Waals surface area contributed by atoms with Crippen LogP contribution in [0.1, 0.15) is 18.5 Å². The van der Waals surface area contributed by atoms with E-state index in [9.17, 15) is 18.0 Å². The van der Waals surface area contributed by atoms with Crippen molar-refractivity contribution in [2.75, 3.05) is 12.3 Å². The number of carboxylic acid groups (broad SMARTS) is 1. The van der Waals surface area contributed by atoms with Gasteiger partial charge in [-0.05, 0) is 17.7 Å². The lowest BCUT2D eigenvalue weighted by Crippen LogP contribution is -2.39. The monoisotopic (exact) mass is 315 g/mol. The summed E-state index contributed by atoms with van der Waals surface area (Å²) >= 11 is 0. The van der Waals surface area contributed by atoms with E-state index < -0.39 is 28.0 Å². The number of carbonyl (C=O) groups excluding carboxylic acids is 1. The van der Waals surface area contributed by atoms with E-state index in [0.717, 1.165) is 0 Å². The summed E-state index contributed by atoms with van der Waals surface area (Å²) in [6.07, 6.45) is -1.27. The lowest BCUT2D eigenvalue weighted by atomic mass is 10.1. The Labute approximate surface area is 122 Å². The third kappa shape index (κ3) is 4.95. The van der Waals surface area contributed by atoms with E-state index >= 15 is 0 Å². The minimum atomic E-state index is -3.32. The number of carbonyl (C=O) groups is 2. The van der Waals surface area contributed by atoms with E-state index in [4.69, 9.17) is 10.8 Å². The number of benzene rings is 1. The quantitative estimate of drug-likeness (QED) is 0.604. The lowest BCUT2D eigenvalue weighted by Gasteiger charge is -2.17. The van der Waals surface area contributed by atoms with Crippen molar-refractivity contribution in [2.45, 2.75) is 17.9 Å². The molecule has 0 bridgehead atoms. The molecule has 0 aliphatic heterocycles. The van der Waals surface area contributed by atoms with Gasteiger partial charge < -0.3 is 21.5 Å². The van der Waals surface area contributed by atoms with Gasteiger partial charge in [0.1, 0.15) is 0 Å². The summed E-state index contributed by atoms with van der Waals surface area (Å²) in [4.78, 5) is 21.6. The Hall–Kier alpha value is -2.29. The Kier molecular flexibility index (Phi) is 5.53. The molecule has 1 rings (SSSR count). The van der Waals surface area contributed by atoms with Crippen LogP contribution in [-0.2, 0) is 9.84 Å². The highest BCUT2D eigenvalue weighted by atomic mass is 32.2. The average Bonchev–Trinajstić information content (AvgIpc) is 2.43. The number of amides is 3. The maximum Gasteiger partial charge on any atom is 0.405 e. The van der Waals surface area contributed by atoms with E-state index in [-0.39, 0.29) is 17.2 Å². The van der Waals surface area contributed by atoms with Gasteiger partial charge in [0, 0.05) is 6.54 Å². The normalized spacial score (nSPS) is 12.4. The summed E-state index contributed by atoms with van der Waals surface area (Å²) in [6, 6.07) is 4.27. The molecule has 0 aliphatic carbocycles. The number of hydrogen-bond acceptors (Lipinski definition) is 4. The fourth-order valence-electron chi connectivity index (χ4n) is 1.68. The third-order valence-corrected chi connectivity index (χ3v) is 4.55. The van der Waals surface area contributed by atoms with Gasteiger partial charge in [-0.2, -0.15) is 0 Å². The van der Waals surface area contributed by atoms with Crippen molar-refractivity contribution >= 4 is 22.0 Å². The van der Waals surface area contributed by atoms with Gasteiger partial charge in [0.25, 0.3) is 0 Å². The summed E-state index contributed by atoms with van der Waals surface area (Å²) < 4.78 is 23.4. The molecule has 3 amide bonds. The lowest BCUT2D eigenvalue weighted by molar-refractivity contribution is 0.189. The molecule has 1 aromatic rings. The summed E-state index contributed by atoms with van der Waals surface area (Å²) in [6.45, 7) is 1.50. The van der Waals surface area contributed by atoms with Crippen LogP contribution in [0.2, 0.25) is 0 Å². The number of primary amides is 1. The van der Waals surface area contributed by atoms with Crippen LogP contribution in [0.25, 0.3) is 0 Å². The molecule has 0 saturated heterocycles.